The van der Waals surface area contributed by atoms with Gasteiger partial charge in [0, 0.05) is 5.41 Å². The standard InChI is InChI=1S/C15H25N3O/c1-15(13-12-16-18-14(19)17-13)10-8-6-4-2-3-5-7-9-11-15/h12H,2-11H2,1H3,(H,17,18,19). The third-order valence-electron chi connectivity index (χ3n) is 4.39. The Balaban J connectivity index is 2.13. The van der Waals surface area contributed by atoms with Crippen molar-refractivity contribution >= 4 is 0 Å². The molecule has 0 aromatic carbocycles. The van der Waals surface area contributed by atoms with E-state index in [-0.39, 0.29) is 11.1 Å². The predicted molar refractivity (Wildman–Crippen MR) is 76.2 cm³/mol. The predicted octanol–water partition coefficient (Wildman–Crippen LogP) is 3.34. The van der Waals surface area contributed by atoms with Gasteiger partial charge in [0.1, 0.15) is 0 Å². The van der Waals surface area contributed by atoms with Gasteiger partial charge in [0.2, 0.25) is 0 Å². The molecular weight excluding hydrogens is 238 g/mol. The highest BCUT2D eigenvalue weighted by Crippen LogP contribution is 2.34. The molecule has 1 aromatic heterocycles. The highest BCUT2D eigenvalue weighted by atomic mass is 16.1. The third-order valence-corrected chi connectivity index (χ3v) is 4.39. The molecule has 0 spiro atoms. The molecule has 1 heterocycles. The zero-order valence-electron chi connectivity index (χ0n) is 12.0. The van der Waals surface area contributed by atoms with Crippen molar-refractivity contribution in [3.05, 3.63) is 22.4 Å². The Morgan fingerprint density at radius 3 is 2.05 bits per heavy atom. The first-order chi connectivity index (χ1) is 9.21. The van der Waals surface area contributed by atoms with Crippen LogP contribution in [0.15, 0.2) is 11.0 Å². The Bertz CT molecular complexity index is 429. The van der Waals surface area contributed by atoms with E-state index in [9.17, 15) is 4.79 Å². The van der Waals surface area contributed by atoms with Gasteiger partial charge >= 0.3 is 5.69 Å². The van der Waals surface area contributed by atoms with Gasteiger partial charge in [0.05, 0.1) is 11.9 Å². The Morgan fingerprint density at radius 2 is 1.53 bits per heavy atom. The molecule has 1 aliphatic carbocycles. The number of H-pyrrole nitrogens is 1. The molecule has 19 heavy (non-hydrogen) atoms. The van der Waals surface area contributed by atoms with Crippen molar-refractivity contribution in [2.75, 3.05) is 0 Å². The van der Waals surface area contributed by atoms with Crippen LogP contribution in [0.25, 0.3) is 0 Å². The second-order valence-corrected chi connectivity index (χ2v) is 6.06. The fourth-order valence-electron chi connectivity index (χ4n) is 3.07. The minimum atomic E-state index is -0.326. The van der Waals surface area contributed by atoms with Gasteiger partial charge in [-0.2, -0.15) is 10.1 Å². The zero-order valence-corrected chi connectivity index (χ0v) is 12.0. The van der Waals surface area contributed by atoms with Crippen LogP contribution in [-0.2, 0) is 5.41 Å². The Labute approximate surface area is 115 Å². The molecule has 1 aromatic rings. The van der Waals surface area contributed by atoms with Crippen molar-refractivity contribution in [3.63, 3.8) is 0 Å². The summed E-state index contributed by atoms with van der Waals surface area (Å²) < 4.78 is 0. The highest BCUT2D eigenvalue weighted by molar-refractivity contribution is 5.10. The number of aromatic amines is 1. The molecule has 0 atom stereocenters. The average Bonchev–Trinajstić information content (AvgIpc) is 2.45. The lowest BCUT2D eigenvalue weighted by Crippen LogP contribution is -2.28. The molecule has 1 N–H and O–H groups in total. The first-order valence-corrected chi connectivity index (χ1v) is 7.63. The summed E-state index contributed by atoms with van der Waals surface area (Å²) in [6.07, 6.45) is 14.5. The number of aromatic nitrogens is 3. The third kappa shape index (κ3) is 4.15. The van der Waals surface area contributed by atoms with Gasteiger partial charge < -0.3 is 0 Å². The SMILES string of the molecule is CC1(c2cn[nH]c(=O)n2)CCCCCCCCCC1. The Morgan fingerprint density at radius 1 is 1.00 bits per heavy atom. The summed E-state index contributed by atoms with van der Waals surface area (Å²) >= 11 is 0. The van der Waals surface area contributed by atoms with E-state index in [1.54, 1.807) is 6.20 Å². The van der Waals surface area contributed by atoms with Crippen molar-refractivity contribution in [2.45, 2.75) is 76.5 Å². The minimum Gasteiger partial charge on any atom is -0.244 e. The summed E-state index contributed by atoms with van der Waals surface area (Å²) in [6, 6.07) is 0. The second-order valence-electron chi connectivity index (χ2n) is 6.06. The number of hydrogen-bond donors (Lipinski definition) is 1. The molecule has 1 saturated carbocycles. The molecule has 0 aliphatic heterocycles. The summed E-state index contributed by atoms with van der Waals surface area (Å²) in [4.78, 5) is 15.5. The summed E-state index contributed by atoms with van der Waals surface area (Å²) in [6.45, 7) is 2.24. The molecule has 2 rings (SSSR count). The van der Waals surface area contributed by atoms with Crippen molar-refractivity contribution < 1.29 is 0 Å². The van der Waals surface area contributed by atoms with Gasteiger partial charge in [-0.25, -0.2) is 9.89 Å². The molecule has 4 heteroatoms. The molecular formula is C15H25N3O. The summed E-state index contributed by atoms with van der Waals surface area (Å²) in [7, 11) is 0. The van der Waals surface area contributed by atoms with Crippen molar-refractivity contribution in [2.24, 2.45) is 0 Å². The van der Waals surface area contributed by atoms with Gasteiger partial charge in [-0.05, 0) is 12.8 Å². The van der Waals surface area contributed by atoms with E-state index in [0.717, 1.165) is 18.5 Å². The highest BCUT2D eigenvalue weighted by Gasteiger charge is 2.28. The maximum Gasteiger partial charge on any atom is 0.361 e. The van der Waals surface area contributed by atoms with E-state index in [2.05, 4.69) is 22.1 Å². The molecule has 106 valence electrons. The number of nitrogens with one attached hydrogen (secondary N) is 1. The fourth-order valence-corrected chi connectivity index (χ4v) is 3.07. The van der Waals surface area contributed by atoms with Gasteiger partial charge in [-0.1, -0.05) is 58.3 Å². The van der Waals surface area contributed by atoms with Crippen LogP contribution in [0, 0.1) is 0 Å². The maximum absolute atomic E-state index is 11.4. The normalized spacial score (nSPS) is 21.5. The lowest BCUT2D eigenvalue weighted by molar-refractivity contribution is 0.357. The fraction of sp³-hybridized carbons (Fsp3) is 0.800. The smallest absolute Gasteiger partial charge is 0.244 e. The first-order valence-electron chi connectivity index (χ1n) is 7.63. The van der Waals surface area contributed by atoms with Crippen molar-refractivity contribution in [1.82, 2.24) is 15.2 Å². The molecule has 1 aliphatic rings. The van der Waals surface area contributed by atoms with Crippen LogP contribution in [0.2, 0.25) is 0 Å². The van der Waals surface area contributed by atoms with Crippen LogP contribution in [-0.4, -0.2) is 15.2 Å². The van der Waals surface area contributed by atoms with Crippen LogP contribution in [0.1, 0.15) is 76.8 Å². The molecule has 0 saturated heterocycles. The largest absolute Gasteiger partial charge is 0.361 e. The number of hydrogen-bond acceptors (Lipinski definition) is 3. The van der Waals surface area contributed by atoms with Gasteiger partial charge in [0.15, 0.2) is 0 Å². The van der Waals surface area contributed by atoms with Crippen molar-refractivity contribution in [1.29, 1.82) is 0 Å². The summed E-state index contributed by atoms with van der Waals surface area (Å²) in [5, 5.41) is 6.29. The van der Waals surface area contributed by atoms with Gasteiger partial charge in [-0.3, -0.25) is 0 Å². The van der Waals surface area contributed by atoms with Gasteiger partial charge in [0.25, 0.3) is 0 Å². The van der Waals surface area contributed by atoms with E-state index in [4.69, 9.17) is 0 Å². The summed E-state index contributed by atoms with van der Waals surface area (Å²) in [5.41, 5.74) is 0.564. The van der Waals surface area contributed by atoms with E-state index in [1.807, 2.05) is 0 Å². The molecule has 1 fully saturated rings. The Hall–Kier alpha value is -1.19. The van der Waals surface area contributed by atoms with Crippen LogP contribution in [0.5, 0.6) is 0 Å². The van der Waals surface area contributed by atoms with E-state index >= 15 is 0 Å². The monoisotopic (exact) mass is 263 g/mol. The van der Waals surface area contributed by atoms with Crippen molar-refractivity contribution in [3.8, 4) is 0 Å². The number of nitrogens with zero attached hydrogens (tertiary/aromatic N) is 2. The Kier molecular flexibility index (Phi) is 5.11. The average molecular weight is 263 g/mol. The van der Waals surface area contributed by atoms with Crippen LogP contribution >= 0.6 is 0 Å². The van der Waals surface area contributed by atoms with E-state index in [0.29, 0.717) is 0 Å². The second kappa shape index (κ2) is 6.83. The molecule has 0 amide bonds. The number of rotatable bonds is 1. The first kappa shape index (κ1) is 14.2. The van der Waals surface area contributed by atoms with Crippen LogP contribution in [0.4, 0.5) is 0 Å². The minimum absolute atomic E-state index is 0.0194. The molecule has 4 nitrogen and oxygen atoms in total. The maximum atomic E-state index is 11.4. The van der Waals surface area contributed by atoms with Crippen LogP contribution < -0.4 is 5.69 Å². The summed E-state index contributed by atoms with van der Waals surface area (Å²) in [5.74, 6) is 0. The lowest BCUT2D eigenvalue weighted by atomic mass is 9.77. The molecule has 0 unspecified atom stereocenters. The molecule has 0 bridgehead atoms. The van der Waals surface area contributed by atoms with Crippen LogP contribution in [0.3, 0.4) is 0 Å². The lowest BCUT2D eigenvalue weighted by Gasteiger charge is -2.28. The topological polar surface area (TPSA) is 58.6 Å². The zero-order chi connectivity index (χ0) is 13.6. The molecule has 0 radical (unpaired) electrons. The van der Waals surface area contributed by atoms with Gasteiger partial charge in [-0.15, -0.1) is 0 Å². The van der Waals surface area contributed by atoms with E-state index in [1.165, 1.54) is 51.4 Å². The van der Waals surface area contributed by atoms with E-state index < -0.39 is 0 Å². The quantitative estimate of drug-likeness (QED) is 0.845.